The lowest BCUT2D eigenvalue weighted by atomic mass is 10.1. The first-order valence-corrected chi connectivity index (χ1v) is 12.7. The average molecular weight is 451 g/mol. The van der Waals surface area contributed by atoms with Crippen molar-refractivity contribution in [1.29, 1.82) is 0 Å². The van der Waals surface area contributed by atoms with Crippen molar-refractivity contribution in [3.63, 3.8) is 0 Å². The van der Waals surface area contributed by atoms with Crippen LogP contribution in [-0.2, 0) is 27.7 Å². The molecule has 8 heteroatoms. The molecule has 1 amide bonds. The first-order chi connectivity index (χ1) is 14.3. The molecule has 2 heterocycles. The Morgan fingerprint density at radius 2 is 1.80 bits per heavy atom. The van der Waals surface area contributed by atoms with Gasteiger partial charge in [-0.2, -0.15) is 4.31 Å². The highest BCUT2D eigenvalue weighted by atomic mass is 32.2. The van der Waals surface area contributed by atoms with Gasteiger partial charge in [-0.1, -0.05) is 18.6 Å². The zero-order valence-corrected chi connectivity index (χ0v) is 19.2. The molecule has 6 nitrogen and oxygen atoms in total. The van der Waals surface area contributed by atoms with E-state index in [1.54, 1.807) is 16.4 Å². The van der Waals surface area contributed by atoms with Gasteiger partial charge in [-0.25, -0.2) is 8.42 Å². The van der Waals surface area contributed by atoms with E-state index >= 15 is 0 Å². The zero-order valence-electron chi connectivity index (χ0n) is 17.6. The van der Waals surface area contributed by atoms with E-state index in [2.05, 4.69) is 5.32 Å². The van der Waals surface area contributed by atoms with E-state index in [1.165, 1.54) is 11.3 Å². The van der Waals surface area contributed by atoms with Crippen molar-refractivity contribution in [2.75, 3.05) is 19.6 Å². The first kappa shape index (κ1) is 22.8. The highest BCUT2D eigenvalue weighted by molar-refractivity contribution is 7.91. The van der Waals surface area contributed by atoms with Crippen LogP contribution in [0.4, 0.5) is 0 Å². The number of hydrogen-bond acceptors (Lipinski definition) is 5. The van der Waals surface area contributed by atoms with E-state index in [9.17, 15) is 13.2 Å². The number of piperidine rings is 1. The molecule has 1 fully saturated rings. The Balaban J connectivity index is 1.46. The molecule has 0 unspecified atom stereocenters. The van der Waals surface area contributed by atoms with Gasteiger partial charge < -0.3 is 10.1 Å². The number of nitrogens with zero attached hydrogens (tertiary/aromatic N) is 1. The number of thiophene rings is 1. The highest BCUT2D eigenvalue weighted by Gasteiger charge is 2.27. The van der Waals surface area contributed by atoms with Crippen LogP contribution in [-0.4, -0.2) is 44.4 Å². The van der Waals surface area contributed by atoms with Crippen LogP contribution >= 0.6 is 11.3 Å². The molecule has 164 valence electrons. The van der Waals surface area contributed by atoms with E-state index < -0.39 is 10.0 Å². The summed E-state index contributed by atoms with van der Waals surface area (Å²) in [5.41, 5.74) is 1.12. The molecule has 1 saturated heterocycles. The molecule has 0 bridgehead atoms. The molecule has 2 aromatic rings. The second kappa shape index (κ2) is 10.4. The van der Waals surface area contributed by atoms with Gasteiger partial charge in [0, 0.05) is 24.5 Å². The monoisotopic (exact) mass is 450 g/mol. The number of sulfonamides is 1. The highest BCUT2D eigenvalue weighted by Crippen LogP contribution is 2.27. The van der Waals surface area contributed by atoms with E-state index in [0.717, 1.165) is 41.9 Å². The third kappa shape index (κ3) is 6.30. The molecule has 0 radical (unpaired) electrons. The van der Waals surface area contributed by atoms with Crippen LogP contribution in [0.2, 0.25) is 0 Å². The topological polar surface area (TPSA) is 75.7 Å². The minimum absolute atomic E-state index is 0.0986. The van der Waals surface area contributed by atoms with Crippen molar-refractivity contribution >= 4 is 27.3 Å². The van der Waals surface area contributed by atoms with Crippen LogP contribution in [0.5, 0.6) is 5.75 Å². The number of rotatable bonds is 9. The van der Waals surface area contributed by atoms with Crippen LogP contribution in [0, 0.1) is 0 Å². The minimum atomic E-state index is -3.43. The largest absolute Gasteiger partial charge is 0.491 e. The number of hydrogen-bond donors (Lipinski definition) is 1. The predicted octanol–water partition coefficient (Wildman–Crippen LogP) is 3.61. The SMILES string of the molecule is CC(C)Oc1ccc(CCNC(=O)Cc2ccc(S(=O)(=O)N3CCCCC3)s2)cc1. The molecule has 1 aliphatic heterocycles. The molecule has 3 rings (SSSR count). The second-order valence-electron chi connectivity index (χ2n) is 7.77. The summed E-state index contributed by atoms with van der Waals surface area (Å²) in [6, 6.07) is 11.2. The fourth-order valence-corrected chi connectivity index (χ4v) is 6.42. The molecule has 0 atom stereocenters. The van der Waals surface area contributed by atoms with E-state index in [4.69, 9.17) is 4.74 Å². The van der Waals surface area contributed by atoms with Crippen molar-refractivity contribution in [3.05, 3.63) is 46.8 Å². The third-order valence-electron chi connectivity index (χ3n) is 4.91. The van der Waals surface area contributed by atoms with Crippen molar-refractivity contribution in [3.8, 4) is 5.75 Å². The zero-order chi connectivity index (χ0) is 21.6. The fraction of sp³-hybridized carbons (Fsp3) is 0.500. The van der Waals surface area contributed by atoms with Gasteiger partial charge >= 0.3 is 0 Å². The van der Waals surface area contributed by atoms with Crippen molar-refractivity contribution in [1.82, 2.24) is 9.62 Å². The van der Waals surface area contributed by atoms with Crippen molar-refractivity contribution < 1.29 is 17.9 Å². The summed E-state index contributed by atoms with van der Waals surface area (Å²) < 4.78 is 33.0. The molecule has 0 spiro atoms. The summed E-state index contributed by atoms with van der Waals surface area (Å²) in [5, 5.41) is 2.91. The molecule has 0 aliphatic carbocycles. The number of carbonyl (C=O) groups excluding carboxylic acids is 1. The van der Waals surface area contributed by atoms with E-state index in [1.807, 2.05) is 38.1 Å². The Labute approximate surface area is 183 Å². The Hall–Kier alpha value is -1.90. The first-order valence-electron chi connectivity index (χ1n) is 10.5. The van der Waals surface area contributed by atoms with Crippen LogP contribution in [0.25, 0.3) is 0 Å². The Kier molecular flexibility index (Phi) is 7.91. The number of benzene rings is 1. The number of amides is 1. The molecule has 1 aromatic carbocycles. The summed E-state index contributed by atoms with van der Waals surface area (Å²) >= 11 is 1.19. The normalized spacial score (nSPS) is 15.3. The van der Waals surface area contributed by atoms with Crippen molar-refractivity contribution in [2.45, 2.75) is 56.3 Å². The lowest BCUT2D eigenvalue weighted by Gasteiger charge is -2.25. The number of nitrogens with one attached hydrogen (secondary N) is 1. The van der Waals surface area contributed by atoms with Gasteiger partial charge in [-0.15, -0.1) is 11.3 Å². The molecule has 0 saturated carbocycles. The van der Waals surface area contributed by atoms with E-state index in [-0.39, 0.29) is 18.4 Å². The van der Waals surface area contributed by atoms with Crippen LogP contribution in [0.15, 0.2) is 40.6 Å². The Bertz CT molecular complexity index is 930. The van der Waals surface area contributed by atoms with Gasteiger partial charge in [-0.3, -0.25) is 4.79 Å². The van der Waals surface area contributed by atoms with Crippen LogP contribution in [0.3, 0.4) is 0 Å². The quantitative estimate of drug-likeness (QED) is 0.633. The van der Waals surface area contributed by atoms with Gasteiger partial charge in [0.2, 0.25) is 5.91 Å². The molecule has 1 aromatic heterocycles. The van der Waals surface area contributed by atoms with Gasteiger partial charge in [0.25, 0.3) is 10.0 Å². The molecule has 30 heavy (non-hydrogen) atoms. The number of ether oxygens (including phenoxy) is 1. The van der Waals surface area contributed by atoms with Crippen LogP contribution < -0.4 is 10.1 Å². The third-order valence-corrected chi connectivity index (χ3v) is 8.36. The molecule has 1 aliphatic rings. The predicted molar refractivity (Wildman–Crippen MR) is 120 cm³/mol. The standard InChI is InChI=1S/C22H30N2O4S2/c1-17(2)28-19-8-6-18(7-9-19)12-13-23-21(25)16-20-10-11-22(29-20)30(26,27)24-14-4-3-5-15-24/h6-11,17H,3-5,12-16H2,1-2H3,(H,23,25). The minimum Gasteiger partial charge on any atom is -0.491 e. The molecule has 1 N–H and O–H groups in total. The maximum atomic E-state index is 12.7. The van der Waals surface area contributed by atoms with Gasteiger partial charge in [0.15, 0.2) is 0 Å². The van der Waals surface area contributed by atoms with Gasteiger partial charge in [0.1, 0.15) is 9.96 Å². The Morgan fingerprint density at radius 1 is 1.10 bits per heavy atom. The summed E-state index contributed by atoms with van der Waals surface area (Å²) in [5.74, 6) is 0.740. The molecular weight excluding hydrogens is 420 g/mol. The lowest BCUT2D eigenvalue weighted by Crippen LogP contribution is -2.35. The van der Waals surface area contributed by atoms with Gasteiger partial charge in [-0.05, 0) is 62.9 Å². The maximum Gasteiger partial charge on any atom is 0.252 e. The summed E-state index contributed by atoms with van der Waals surface area (Å²) in [6.45, 7) is 5.68. The summed E-state index contributed by atoms with van der Waals surface area (Å²) in [7, 11) is -3.43. The Morgan fingerprint density at radius 3 is 2.47 bits per heavy atom. The van der Waals surface area contributed by atoms with E-state index in [0.29, 0.717) is 23.8 Å². The van der Waals surface area contributed by atoms with Gasteiger partial charge in [0.05, 0.1) is 12.5 Å². The summed E-state index contributed by atoms with van der Waals surface area (Å²) in [4.78, 5) is 13.0. The maximum absolute atomic E-state index is 12.7. The lowest BCUT2D eigenvalue weighted by molar-refractivity contribution is -0.120. The second-order valence-corrected chi connectivity index (χ2v) is 11.1. The van der Waals surface area contributed by atoms with Crippen LogP contribution in [0.1, 0.15) is 43.6 Å². The summed E-state index contributed by atoms with van der Waals surface area (Å²) in [6.07, 6.45) is 3.97. The van der Waals surface area contributed by atoms with Crippen molar-refractivity contribution in [2.24, 2.45) is 0 Å². The average Bonchev–Trinajstić information content (AvgIpc) is 3.19. The fourth-order valence-electron chi connectivity index (χ4n) is 3.40. The smallest absolute Gasteiger partial charge is 0.252 e. The molecular formula is C22H30N2O4S2. The number of carbonyl (C=O) groups is 1.